The number of hydrogen-bond acceptors (Lipinski definition) is 3. The fourth-order valence-corrected chi connectivity index (χ4v) is 4.13. The molecule has 1 aliphatic heterocycles. The highest BCUT2D eigenvalue weighted by Crippen LogP contribution is 2.34. The highest BCUT2D eigenvalue weighted by Gasteiger charge is 2.35. The molecule has 6 atom stereocenters. The Morgan fingerprint density at radius 1 is 1.00 bits per heavy atom. The van der Waals surface area contributed by atoms with Gasteiger partial charge in [0.1, 0.15) is 0 Å². The molecule has 0 aromatic heterocycles. The van der Waals surface area contributed by atoms with E-state index in [0.717, 1.165) is 26.1 Å². The summed E-state index contributed by atoms with van der Waals surface area (Å²) in [6.45, 7) is 12.6. The summed E-state index contributed by atoms with van der Waals surface area (Å²) in [5.74, 6) is 1.81. The molecule has 0 radical (unpaired) electrons. The maximum atomic E-state index is 10.4. The second kappa shape index (κ2) is 6.11. The van der Waals surface area contributed by atoms with Crippen LogP contribution in [0.5, 0.6) is 0 Å². The van der Waals surface area contributed by atoms with Crippen molar-refractivity contribution in [1.29, 1.82) is 0 Å². The number of nitrogens with zero attached hydrogens (tertiary/aromatic N) is 2. The van der Waals surface area contributed by atoms with Crippen LogP contribution >= 0.6 is 0 Å². The van der Waals surface area contributed by atoms with E-state index < -0.39 is 0 Å². The van der Waals surface area contributed by atoms with Crippen LogP contribution in [0.25, 0.3) is 0 Å². The topological polar surface area (TPSA) is 26.7 Å². The van der Waals surface area contributed by atoms with Gasteiger partial charge in [-0.05, 0) is 45.6 Å². The summed E-state index contributed by atoms with van der Waals surface area (Å²) in [4.78, 5) is 5.05. The quantitative estimate of drug-likeness (QED) is 0.830. The normalized spacial score (nSPS) is 46.4. The standard InChI is InChI=1S/C16H32N2O/c1-11-6-12(2)15(16(19)7-11)10-18-8-13(3)17(5)14(4)9-18/h11-16,19H,6-10H2,1-5H3. The number of aliphatic hydroxyl groups is 1. The minimum Gasteiger partial charge on any atom is -0.393 e. The molecule has 19 heavy (non-hydrogen) atoms. The molecule has 2 aliphatic rings. The van der Waals surface area contributed by atoms with Crippen LogP contribution in [0.2, 0.25) is 0 Å². The largest absolute Gasteiger partial charge is 0.393 e. The summed E-state index contributed by atoms with van der Waals surface area (Å²) in [5, 5.41) is 10.4. The molecule has 1 heterocycles. The lowest BCUT2D eigenvalue weighted by atomic mass is 9.73. The van der Waals surface area contributed by atoms with E-state index in [2.05, 4.69) is 44.5 Å². The second-order valence-corrected chi connectivity index (χ2v) is 7.37. The first kappa shape index (κ1) is 15.3. The van der Waals surface area contributed by atoms with Gasteiger partial charge in [-0.1, -0.05) is 13.8 Å². The van der Waals surface area contributed by atoms with Crippen molar-refractivity contribution in [3.05, 3.63) is 0 Å². The first-order valence-electron chi connectivity index (χ1n) is 8.00. The Labute approximate surface area is 119 Å². The lowest BCUT2D eigenvalue weighted by molar-refractivity contribution is -0.0220. The third kappa shape index (κ3) is 3.50. The van der Waals surface area contributed by atoms with Crippen molar-refractivity contribution in [3.8, 4) is 0 Å². The van der Waals surface area contributed by atoms with E-state index in [1.54, 1.807) is 0 Å². The van der Waals surface area contributed by atoms with Crippen molar-refractivity contribution in [2.24, 2.45) is 17.8 Å². The molecule has 3 heteroatoms. The van der Waals surface area contributed by atoms with Crippen LogP contribution in [0.15, 0.2) is 0 Å². The molecule has 2 fully saturated rings. The number of likely N-dealkylation sites (N-methyl/N-ethyl adjacent to an activating group) is 1. The molecule has 1 N–H and O–H groups in total. The molecule has 0 spiro atoms. The average molecular weight is 268 g/mol. The predicted octanol–water partition coefficient (Wildman–Crippen LogP) is 2.05. The summed E-state index contributed by atoms with van der Waals surface area (Å²) in [7, 11) is 2.23. The highest BCUT2D eigenvalue weighted by atomic mass is 16.3. The third-order valence-corrected chi connectivity index (χ3v) is 5.55. The molecule has 0 aromatic rings. The molecule has 0 bridgehead atoms. The van der Waals surface area contributed by atoms with Crippen molar-refractivity contribution in [3.63, 3.8) is 0 Å². The first-order chi connectivity index (χ1) is 8.88. The van der Waals surface area contributed by atoms with Crippen LogP contribution in [0, 0.1) is 17.8 Å². The molecular weight excluding hydrogens is 236 g/mol. The van der Waals surface area contributed by atoms with Crippen LogP contribution in [-0.2, 0) is 0 Å². The minimum atomic E-state index is -0.0935. The fourth-order valence-electron chi connectivity index (χ4n) is 4.13. The fraction of sp³-hybridized carbons (Fsp3) is 1.00. The Bertz CT molecular complexity index is 272. The summed E-state index contributed by atoms with van der Waals surface area (Å²) in [6.07, 6.45) is 2.18. The molecule has 6 unspecified atom stereocenters. The van der Waals surface area contributed by atoms with Gasteiger partial charge in [0.05, 0.1) is 6.10 Å². The molecule has 112 valence electrons. The van der Waals surface area contributed by atoms with Crippen molar-refractivity contribution >= 4 is 0 Å². The monoisotopic (exact) mass is 268 g/mol. The number of hydrogen-bond donors (Lipinski definition) is 1. The van der Waals surface area contributed by atoms with Crippen molar-refractivity contribution in [2.75, 3.05) is 26.7 Å². The van der Waals surface area contributed by atoms with Gasteiger partial charge in [-0.2, -0.15) is 0 Å². The highest BCUT2D eigenvalue weighted by molar-refractivity contribution is 4.89. The smallest absolute Gasteiger partial charge is 0.0585 e. The molecule has 3 nitrogen and oxygen atoms in total. The van der Waals surface area contributed by atoms with Crippen LogP contribution in [-0.4, -0.2) is 59.8 Å². The van der Waals surface area contributed by atoms with E-state index in [-0.39, 0.29) is 6.10 Å². The van der Waals surface area contributed by atoms with Crippen LogP contribution in [0.1, 0.15) is 40.5 Å². The summed E-state index contributed by atoms with van der Waals surface area (Å²) < 4.78 is 0. The predicted molar refractivity (Wildman–Crippen MR) is 80.2 cm³/mol. The van der Waals surface area contributed by atoms with Gasteiger partial charge in [-0.25, -0.2) is 0 Å². The number of rotatable bonds is 2. The van der Waals surface area contributed by atoms with Gasteiger partial charge in [0.25, 0.3) is 0 Å². The van der Waals surface area contributed by atoms with E-state index in [1.165, 1.54) is 6.42 Å². The first-order valence-corrected chi connectivity index (χ1v) is 8.00. The van der Waals surface area contributed by atoms with Gasteiger partial charge in [-0.15, -0.1) is 0 Å². The Kier molecular flexibility index (Phi) is 4.91. The molecular formula is C16H32N2O. The molecule has 1 saturated heterocycles. The van der Waals surface area contributed by atoms with Gasteiger partial charge < -0.3 is 5.11 Å². The van der Waals surface area contributed by atoms with Crippen LogP contribution in [0.4, 0.5) is 0 Å². The van der Waals surface area contributed by atoms with Crippen LogP contribution in [0.3, 0.4) is 0 Å². The molecule has 1 saturated carbocycles. The third-order valence-electron chi connectivity index (χ3n) is 5.55. The van der Waals surface area contributed by atoms with Gasteiger partial charge in [0.2, 0.25) is 0 Å². The maximum absolute atomic E-state index is 10.4. The van der Waals surface area contributed by atoms with E-state index in [9.17, 15) is 5.11 Å². The van der Waals surface area contributed by atoms with Gasteiger partial charge in [-0.3, -0.25) is 9.80 Å². The van der Waals surface area contributed by atoms with Crippen molar-refractivity contribution < 1.29 is 5.11 Å². The van der Waals surface area contributed by atoms with Crippen molar-refractivity contribution in [2.45, 2.75) is 58.7 Å². The van der Waals surface area contributed by atoms with Gasteiger partial charge in [0.15, 0.2) is 0 Å². The number of aliphatic hydroxyl groups excluding tert-OH is 1. The average Bonchev–Trinajstić information content (AvgIpc) is 2.30. The lowest BCUT2D eigenvalue weighted by Gasteiger charge is -2.46. The molecule has 2 rings (SSSR count). The van der Waals surface area contributed by atoms with E-state index >= 15 is 0 Å². The SMILES string of the molecule is CC1CC(C)C(CN2CC(C)N(C)C(C)C2)C(O)C1. The van der Waals surface area contributed by atoms with Gasteiger partial charge >= 0.3 is 0 Å². The second-order valence-electron chi connectivity index (χ2n) is 7.37. The van der Waals surface area contributed by atoms with Crippen LogP contribution < -0.4 is 0 Å². The van der Waals surface area contributed by atoms with E-state index in [1.807, 2.05) is 0 Å². The zero-order chi connectivity index (χ0) is 14.2. The summed E-state index contributed by atoms with van der Waals surface area (Å²) in [5.41, 5.74) is 0. The maximum Gasteiger partial charge on any atom is 0.0585 e. The summed E-state index contributed by atoms with van der Waals surface area (Å²) in [6, 6.07) is 1.25. The Morgan fingerprint density at radius 3 is 2.11 bits per heavy atom. The zero-order valence-electron chi connectivity index (χ0n) is 13.3. The molecule has 1 aliphatic carbocycles. The van der Waals surface area contributed by atoms with Gasteiger partial charge in [0, 0.05) is 37.6 Å². The van der Waals surface area contributed by atoms with E-state index in [0.29, 0.717) is 29.8 Å². The molecule has 0 aromatic carbocycles. The summed E-state index contributed by atoms with van der Waals surface area (Å²) >= 11 is 0. The lowest BCUT2D eigenvalue weighted by Crippen LogP contribution is -2.57. The zero-order valence-corrected chi connectivity index (χ0v) is 13.3. The van der Waals surface area contributed by atoms with Crippen molar-refractivity contribution in [1.82, 2.24) is 9.80 Å². The Balaban J connectivity index is 1.93. The Hall–Kier alpha value is -0.120. The molecule has 0 amide bonds. The Morgan fingerprint density at radius 2 is 1.58 bits per heavy atom. The minimum absolute atomic E-state index is 0.0935. The van der Waals surface area contributed by atoms with E-state index in [4.69, 9.17) is 0 Å². The number of piperazine rings is 1.